The summed E-state index contributed by atoms with van der Waals surface area (Å²) < 4.78 is 11.4. The summed E-state index contributed by atoms with van der Waals surface area (Å²) in [6.45, 7) is 9.45. The van der Waals surface area contributed by atoms with Crippen molar-refractivity contribution < 1.29 is 9.47 Å². The predicted octanol–water partition coefficient (Wildman–Crippen LogP) is 7.64. The molecule has 0 bridgehead atoms. The summed E-state index contributed by atoms with van der Waals surface area (Å²) in [5.41, 5.74) is 3.22. The smallest absolute Gasteiger partial charge is 0.152 e. The highest BCUT2D eigenvalue weighted by Gasteiger charge is 2.04. The van der Waals surface area contributed by atoms with Crippen LogP contribution in [0, 0.1) is 0 Å². The molecule has 0 aliphatic carbocycles. The van der Waals surface area contributed by atoms with E-state index in [1.54, 1.807) is 6.08 Å². The third-order valence-corrected chi connectivity index (χ3v) is 5.55. The van der Waals surface area contributed by atoms with Crippen molar-refractivity contribution in [2.75, 3.05) is 13.2 Å². The molecule has 0 fully saturated rings. The van der Waals surface area contributed by atoms with E-state index in [0.717, 1.165) is 59.5 Å². The number of hydrogen-bond donors (Lipinski definition) is 0. The van der Waals surface area contributed by atoms with Crippen molar-refractivity contribution in [3.63, 3.8) is 0 Å². The zero-order valence-corrected chi connectivity index (χ0v) is 20.0. The Bertz CT molecular complexity index is 1030. The van der Waals surface area contributed by atoms with Gasteiger partial charge in [0.2, 0.25) is 0 Å². The van der Waals surface area contributed by atoms with Gasteiger partial charge < -0.3 is 9.47 Å². The second kappa shape index (κ2) is 13.5. The third-order valence-electron chi connectivity index (χ3n) is 5.55. The molecule has 1 unspecified atom stereocenters. The lowest BCUT2D eigenvalue weighted by Gasteiger charge is -2.11. The van der Waals surface area contributed by atoms with Gasteiger partial charge in [0, 0.05) is 18.2 Å². The van der Waals surface area contributed by atoms with Gasteiger partial charge in [-0.15, -0.1) is 0 Å². The summed E-state index contributed by atoms with van der Waals surface area (Å²) in [5.74, 6) is 1.59. The maximum Gasteiger partial charge on any atom is 0.152 e. The minimum Gasteiger partial charge on any atom is -0.490 e. The van der Waals surface area contributed by atoms with Crippen LogP contribution in [0.25, 0.3) is 28.1 Å². The SMILES string of the molecule is C=CCOc1ccc(-c2ccc3nc(C=CCCCC(C)OCCCCC)ncc3c2)cc1. The Balaban J connectivity index is 1.51. The van der Waals surface area contributed by atoms with Crippen LogP contribution in [0.15, 0.2) is 67.4 Å². The van der Waals surface area contributed by atoms with E-state index >= 15 is 0 Å². The van der Waals surface area contributed by atoms with E-state index < -0.39 is 0 Å². The summed E-state index contributed by atoms with van der Waals surface area (Å²) in [4.78, 5) is 9.22. The normalized spacial score (nSPS) is 12.3. The van der Waals surface area contributed by atoms with Gasteiger partial charge >= 0.3 is 0 Å². The number of benzene rings is 2. The van der Waals surface area contributed by atoms with Crippen LogP contribution in [0.3, 0.4) is 0 Å². The third kappa shape index (κ3) is 8.14. The van der Waals surface area contributed by atoms with Gasteiger partial charge in [0.05, 0.1) is 11.6 Å². The van der Waals surface area contributed by atoms with Crippen molar-refractivity contribution in [1.82, 2.24) is 9.97 Å². The van der Waals surface area contributed by atoms with Crippen molar-refractivity contribution in [3.8, 4) is 16.9 Å². The molecule has 0 N–H and O–H groups in total. The van der Waals surface area contributed by atoms with Gasteiger partial charge in [-0.2, -0.15) is 0 Å². The summed E-state index contributed by atoms with van der Waals surface area (Å²) in [6.07, 6.45) is 15.0. The van der Waals surface area contributed by atoms with Crippen LogP contribution in [0.2, 0.25) is 0 Å². The molecule has 174 valence electrons. The largest absolute Gasteiger partial charge is 0.490 e. The lowest BCUT2D eigenvalue weighted by atomic mass is 10.0. The molecule has 1 heterocycles. The first-order valence-corrected chi connectivity index (χ1v) is 12.1. The van der Waals surface area contributed by atoms with Gasteiger partial charge in [0.15, 0.2) is 5.82 Å². The van der Waals surface area contributed by atoms with Crippen molar-refractivity contribution in [3.05, 3.63) is 73.2 Å². The minimum atomic E-state index is 0.331. The first kappa shape index (κ1) is 24.7. The second-order valence-corrected chi connectivity index (χ2v) is 8.35. The first-order chi connectivity index (χ1) is 16.2. The maximum absolute atomic E-state index is 5.86. The van der Waals surface area contributed by atoms with E-state index in [-0.39, 0.29) is 0 Å². The van der Waals surface area contributed by atoms with E-state index in [1.807, 2.05) is 24.4 Å². The predicted molar refractivity (Wildman–Crippen MR) is 138 cm³/mol. The van der Waals surface area contributed by atoms with E-state index in [4.69, 9.17) is 14.5 Å². The summed E-state index contributed by atoms with van der Waals surface area (Å²) in [7, 11) is 0. The van der Waals surface area contributed by atoms with Gasteiger partial charge in [-0.1, -0.05) is 56.7 Å². The molecule has 33 heavy (non-hydrogen) atoms. The highest BCUT2D eigenvalue weighted by Crippen LogP contribution is 2.25. The number of unbranched alkanes of at least 4 members (excludes halogenated alkanes) is 3. The van der Waals surface area contributed by atoms with Crippen molar-refractivity contribution >= 4 is 17.0 Å². The molecule has 4 nitrogen and oxygen atoms in total. The second-order valence-electron chi connectivity index (χ2n) is 8.35. The fourth-order valence-corrected chi connectivity index (χ4v) is 3.64. The zero-order valence-electron chi connectivity index (χ0n) is 20.0. The monoisotopic (exact) mass is 444 g/mol. The minimum absolute atomic E-state index is 0.331. The Morgan fingerprint density at radius 1 is 1.03 bits per heavy atom. The molecule has 3 aromatic rings. The van der Waals surface area contributed by atoms with Crippen LogP contribution in [-0.4, -0.2) is 29.3 Å². The molecule has 3 rings (SSSR count). The molecule has 4 heteroatoms. The standard InChI is InChI=1S/C29H36N2O2/c1-4-6-10-20-32-23(3)11-8-7-9-12-29-30-22-26-21-25(15-18-28(26)31-29)24-13-16-27(17-14-24)33-19-5-2/h5,9,12-18,21-23H,2,4,6-8,10-11,19-20H2,1,3H3. The van der Waals surface area contributed by atoms with Crippen LogP contribution in [0.5, 0.6) is 5.75 Å². The van der Waals surface area contributed by atoms with Crippen LogP contribution in [0.4, 0.5) is 0 Å². The number of aromatic nitrogens is 2. The number of fused-ring (bicyclic) bond motifs is 1. The number of allylic oxidation sites excluding steroid dienone is 1. The molecular formula is C29H36N2O2. The van der Waals surface area contributed by atoms with Gasteiger partial charge in [0.25, 0.3) is 0 Å². The summed E-state index contributed by atoms with van der Waals surface area (Å²) >= 11 is 0. The fourth-order valence-electron chi connectivity index (χ4n) is 3.64. The van der Waals surface area contributed by atoms with Crippen molar-refractivity contribution in [1.29, 1.82) is 0 Å². The average molecular weight is 445 g/mol. The van der Waals surface area contributed by atoms with Crippen molar-refractivity contribution in [2.24, 2.45) is 0 Å². The fraction of sp³-hybridized carbons (Fsp3) is 0.379. The lowest BCUT2D eigenvalue weighted by molar-refractivity contribution is 0.0566. The van der Waals surface area contributed by atoms with Gasteiger partial charge in [0.1, 0.15) is 12.4 Å². The molecule has 2 aromatic carbocycles. The van der Waals surface area contributed by atoms with E-state index in [0.29, 0.717) is 12.7 Å². The summed E-state index contributed by atoms with van der Waals surface area (Å²) in [5, 5.41) is 1.03. The maximum atomic E-state index is 5.86. The van der Waals surface area contributed by atoms with Gasteiger partial charge in [-0.05, 0) is 74.1 Å². The van der Waals surface area contributed by atoms with Crippen LogP contribution < -0.4 is 4.74 Å². The number of nitrogens with zero attached hydrogens (tertiary/aromatic N) is 2. The first-order valence-electron chi connectivity index (χ1n) is 12.1. The Labute approximate surface area is 198 Å². The molecule has 1 atom stereocenters. The molecule has 0 spiro atoms. The Hall–Kier alpha value is -2.98. The van der Waals surface area contributed by atoms with Gasteiger partial charge in [-0.3, -0.25) is 0 Å². The molecule has 1 aromatic heterocycles. The van der Waals surface area contributed by atoms with Crippen molar-refractivity contribution in [2.45, 2.75) is 58.5 Å². The quantitative estimate of drug-likeness (QED) is 0.189. The molecule has 0 radical (unpaired) electrons. The highest BCUT2D eigenvalue weighted by atomic mass is 16.5. The topological polar surface area (TPSA) is 44.2 Å². The zero-order chi connectivity index (χ0) is 23.3. The van der Waals surface area contributed by atoms with Crippen LogP contribution >= 0.6 is 0 Å². The Morgan fingerprint density at radius 2 is 1.85 bits per heavy atom. The van der Waals surface area contributed by atoms with E-state index in [2.05, 4.69) is 61.8 Å². The highest BCUT2D eigenvalue weighted by molar-refractivity contribution is 5.84. The molecule has 0 aliphatic rings. The number of hydrogen-bond acceptors (Lipinski definition) is 4. The molecular weight excluding hydrogens is 408 g/mol. The van der Waals surface area contributed by atoms with E-state index in [1.165, 1.54) is 19.3 Å². The Kier molecular flexibility index (Phi) is 10.1. The number of rotatable bonds is 14. The van der Waals surface area contributed by atoms with Crippen LogP contribution in [-0.2, 0) is 4.74 Å². The van der Waals surface area contributed by atoms with Crippen LogP contribution in [0.1, 0.15) is 58.2 Å². The molecule has 0 amide bonds. The van der Waals surface area contributed by atoms with E-state index in [9.17, 15) is 0 Å². The average Bonchev–Trinajstić information content (AvgIpc) is 2.85. The Morgan fingerprint density at radius 3 is 2.64 bits per heavy atom. The van der Waals surface area contributed by atoms with Gasteiger partial charge in [-0.25, -0.2) is 9.97 Å². The summed E-state index contributed by atoms with van der Waals surface area (Å²) in [6, 6.07) is 14.4. The molecule has 0 saturated carbocycles. The number of ether oxygens (including phenoxy) is 2. The lowest BCUT2D eigenvalue weighted by Crippen LogP contribution is -2.08. The molecule has 0 aliphatic heterocycles. The molecule has 0 saturated heterocycles.